The van der Waals surface area contributed by atoms with Gasteiger partial charge in [-0.15, -0.1) is 0 Å². The normalized spacial score (nSPS) is 11.0. The number of hydrogen-bond acceptors (Lipinski definition) is 3. The first kappa shape index (κ1) is 20.0. The molecule has 0 spiro atoms. The number of fused-ring (bicyclic) bond motifs is 1. The van der Waals surface area contributed by atoms with Gasteiger partial charge in [0, 0.05) is 18.2 Å². The number of ether oxygens (including phenoxy) is 2. The summed E-state index contributed by atoms with van der Waals surface area (Å²) in [5.41, 5.74) is 3.10. The van der Waals surface area contributed by atoms with E-state index in [0.29, 0.717) is 6.61 Å². The third-order valence-corrected chi connectivity index (χ3v) is 4.94. The third kappa shape index (κ3) is 4.48. The summed E-state index contributed by atoms with van der Waals surface area (Å²) in [7, 11) is 0. The Balaban J connectivity index is 1.72. The summed E-state index contributed by atoms with van der Waals surface area (Å²) < 4.78 is 14.1. The number of benzene rings is 3. The lowest BCUT2D eigenvalue weighted by Crippen LogP contribution is -2.01. The molecule has 0 amide bonds. The van der Waals surface area contributed by atoms with Crippen LogP contribution in [0.2, 0.25) is 0 Å². The smallest absolute Gasteiger partial charge is 0.141 e. The van der Waals surface area contributed by atoms with Crippen molar-refractivity contribution in [3.63, 3.8) is 0 Å². The van der Waals surface area contributed by atoms with Crippen LogP contribution < -0.4 is 9.47 Å². The number of imidazole rings is 1. The number of aromatic nitrogens is 2. The average molecular weight is 400 g/mol. The zero-order chi connectivity index (χ0) is 20.8. The minimum atomic E-state index is 0.611. The Hall–Kier alpha value is -3.27. The third-order valence-electron chi connectivity index (χ3n) is 4.94. The molecule has 153 valence electrons. The van der Waals surface area contributed by atoms with Gasteiger partial charge in [-0.25, -0.2) is 4.98 Å². The highest BCUT2D eigenvalue weighted by Crippen LogP contribution is 2.31. The van der Waals surface area contributed by atoms with Crippen molar-refractivity contribution < 1.29 is 9.47 Å². The molecule has 0 unspecified atom stereocenters. The fourth-order valence-corrected chi connectivity index (χ4v) is 3.47. The SMILES string of the molecule is [CH2]CCOc1ccc2nc(-c3cccc(Oc4ccccc4)c3)n(CCCC)c2c1. The maximum Gasteiger partial charge on any atom is 0.141 e. The highest BCUT2D eigenvalue weighted by atomic mass is 16.5. The lowest BCUT2D eigenvalue weighted by Gasteiger charge is -2.11. The first-order chi connectivity index (χ1) is 14.8. The van der Waals surface area contributed by atoms with Crippen molar-refractivity contribution in [1.82, 2.24) is 9.55 Å². The zero-order valence-corrected chi connectivity index (χ0v) is 17.4. The monoisotopic (exact) mass is 399 g/mol. The van der Waals surface area contributed by atoms with Gasteiger partial charge in [-0.1, -0.05) is 43.7 Å². The predicted octanol–water partition coefficient (Wildman–Crippen LogP) is 6.90. The molecule has 3 aromatic carbocycles. The second kappa shape index (κ2) is 9.49. The number of unbranched alkanes of at least 4 members (excludes halogenated alkanes) is 1. The van der Waals surface area contributed by atoms with Crippen molar-refractivity contribution in [2.75, 3.05) is 6.61 Å². The van der Waals surface area contributed by atoms with Crippen LogP contribution in [0.4, 0.5) is 0 Å². The van der Waals surface area contributed by atoms with Gasteiger partial charge in [0.15, 0.2) is 0 Å². The molecule has 4 aromatic rings. The van der Waals surface area contributed by atoms with Crippen LogP contribution >= 0.6 is 0 Å². The van der Waals surface area contributed by atoms with Gasteiger partial charge in [-0.3, -0.25) is 0 Å². The number of para-hydroxylation sites is 1. The molecule has 30 heavy (non-hydrogen) atoms. The van der Waals surface area contributed by atoms with Crippen molar-refractivity contribution in [2.45, 2.75) is 32.7 Å². The molecular formula is C26H27N2O2. The maximum atomic E-state index is 6.04. The summed E-state index contributed by atoms with van der Waals surface area (Å²) in [5.74, 6) is 3.43. The van der Waals surface area contributed by atoms with E-state index >= 15 is 0 Å². The molecule has 0 fully saturated rings. The van der Waals surface area contributed by atoms with Gasteiger partial charge in [0.1, 0.15) is 23.1 Å². The molecule has 0 aliphatic carbocycles. The Morgan fingerprint density at radius 1 is 0.900 bits per heavy atom. The maximum absolute atomic E-state index is 6.04. The average Bonchev–Trinajstić information content (AvgIpc) is 3.15. The molecule has 1 heterocycles. The lowest BCUT2D eigenvalue weighted by molar-refractivity contribution is 0.324. The molecule has 0 bridgehead atoms. The number of rotatable bonds is 9. The van der Waals surface area contributed by atoms with Gasteiger partial charge in [0.2, 0.25) is 0 Å². The van der Waals surface area contributed by atoms with Crippen molar-refractivity contribution in [1.29, 1.82) is 0 Å². The highest BCUT2D eigenvalue weighted by molar-refractivity contribution is 5.82. The van der Waals surface area contributed by atoms with Gasteiger partial charge >= 0.3 is 0 Å². The number of aryl methyl sites for hydroxylation is 1. The van der Waals surface area contributed by atoms with Crippen molar-refractivity contribution in [3.05, 3.63) is 79.7 Å². The van der Waals surface area contributed by atoms with E-state index in [1.807, 2.05) is 54.6 Å². The molecule has 4 rings (SSSR count). The molecule has 0 aliphatic heterocycles. The largest absolute Gasteiger partial charge is 0.494 e. The molecule has 4 heteroatoms. The topological polar surface area (TPSA) is 36.3 Å². The van der Waals surface area contributed by atoms with Gasteiger partial charge in [-0.2, -0.15) is 0 Å². The summed E-state index contributed by atoms with van der Waals surface area (Å²) in [6.07, 6.45) is 2.95. The molecule has 4 nitrogen and oxygen atoms in total. The lowest BCUT2D eigenvalue weighted by atomic mass is 10.2. The molecule has 0 aliphatic rings. The van der Waals surface area contributed by atoms with E-state index in [1.54, 1.807) is 0 Å². The van der Waals surface area contributed by atoms with Crippen LogP contribution in [0.25, 0.3) is 22.4 Å². The molecule has 0 N–H and O–H groups in total. The van der Waals surface area contributed by atoms with E-state index in [4.69, 9.17) is 14.5 Å². The van der Waals surface area contributed by atoms with E-state index in [9.17, 15) is 0 Å². The first-order valence-corrected chi connectivity index (χ1v) is 10.5. The van der Waals surface area contributed by atoms with Crippen molar-refractivity contribution in [3.8, 4) is 28.6 Å². The summed E-state index contributed by atoms with van der Waals surface area (Å²) >= 11 is 0. The van der Waals surface area contributed by atoms with Crippen LogP contribution in [0, 0.1) is 6.92 Å². The van der Waals surface area contributed by atoms with Crippen LogP contribution in [0.3, 0.4) is 0 Å². The minimum Gasteiger partial charge on any atom is -0.494 e. The van der Waals surface area contributed by atoms with Crippen molar-refractivity contribution >= 4 is 11.0 Å². The molecule has 1 aromatic heterocycles. The van der Waals surface area contributed by atoms with Gasteiger partial charge in [0.25, 0.3) is 0 Å². The fourth-order valence-electron chi connectivity index (χ4n) is 3.47. The van der Waals surface area contributed by atoms with Crippen LogP contribution in [-0.4, -0.2) is 16.2 Å². The quantitative estimate of drug-likeness (QED) is 0.307. The van der Waals surface area contributed by atoms with E-state index in [1.165, 1.54) is 0 Å². The first-order valence-electron chi connectivity index (χ1n) is 10.5. The molecule has 0 saturated heterocycles. The fraction of sp³-hybridized carbons (Fsp3) is 0.231. The minimum absolute atomic E-state index is 0.611. The van der Waals surface area contributed by atoms with E-state index in [2.05, 4.69) is 36.6 Å². The Morgan fingerprint density at radius 3 is 2.53 bits per heavy atom. The highest BCUT2D eigenvalue weighted by Gasteiger charge is 2.14. The van der Waals surface area contributed by atoms with E-state index in [-0.39, 0.29) is 0 Å². The molecule has 0 atom stereocenters. The van der Waals surface area contributed by atoms with Gasteiger partial charge in [0.05, 0.1) is 17.6 Å². The summed E-state index contributed by atoms with van der Waals surface area (Å²) in [6.45, 7) is 7.57. The van der Waals surface area contributed by atoms with Crippen molar-refractivity contribution in [2.24, 2.45) is 0 Å². The zero-order valence-electron chi connectivity index (χ0n) is 17.4. The van der Waals surface area contributed by atoms with Crippen LogP contribution in [0.1, 0.15) is 26.2 Å². The summed E-state index contributed by atoms with van der Waals surface area (Å²) in [6, 6.07) is 24.1. The van der Waals surface area contributed by atoms with Crippen LogP contribution in [0.5, 0.6) is 17.2 Å². The van der Waals surface area contributed by atoms with Crippen LogP contribution in [-0.2, 0) is 6.54 Å². The van der Waals surface area contributed by atoms with Crippen LogP contribution in [0.15, 0.2) is 72.8 Å². The van der Waals surface area contributed by atoms with E-state index in [0.717, 1.165) is 65.5 Å². The van der Waals surface area contributed by atoms with Gasteiger partial charge in [-0.05, 0) is 56.2 Å². The Labute approximate surface area is 178 Å². The second-order valence-corrected chi connectivity index (χ2v) is 7.24. The summed E-state index contributed by atoms with van der Waals surface area (Å²) in [5, 5.41) is 0. The number of hydrogen-bond donors (Lipinski definition) is 0. The van der Waals surface area contributed by atoms with E-state index < -0.39 is 0 Å². The molecule has 0 saturated carbocycles. The van der Waals surface area contributed by atoms with Gasteiger partial charge < -0.3 is 14.0 Å². The Kier molecular flexibility index (Phi) is 6.33. The Morgan fingerprint density at radius 2 is 1.73 bits per heavy atom. The predicted molar refractivity (Wildman–Crippen MR) is 122 cm³/mol. The molecule has 1 radical (unpaired) electrons. The standard InChI is InChI=1S/C26H27N2O2/c1-3-5-16-28-25-19-22(29-17-4-2)14-15-24(25)27-26(28)20-10-9-13-23(18-20)30-21-11-7-6-8-12-21/h6-15,18-19H,2-5,16-17H2,1H3. The summed E-state index contributed by atoms with van der Waals surface area (Å²) in [4.78, 5) is 4.94. The number of nitrogens with zero attached hydrogens (tertiary/aromatic N) is 2. The molecular weight excluding hydrogens is 372 g/mol. The Bertz CT molecular complexity index is 1100. The second-order valence-electron chi connectivity index (χ2n) is 7.24.